The van der Waals surface area contributed by atoms with Gasteiger partial charge in [-0.3, -0.25) is 0 Å². The van der Waals surface area contributed by atoms with Gasteiger partial charge in [0.25, 0.3) is 0 Å². The van der Waals surface area contributed by atoms with Gasteiger partial charge in [0.15, 0.2) is 0 Å². The molecular formula is C27H22N2O5. The Morgan fingerprint density at radius 2 is 1.71 bits per heavy atom. The molecule has 1 aliphatic heterocycles. The minimum Gasteiger partial charge on any atom is -0.488 e. The van der Waals surface area contributed by atoms with Crippen molar-refractivity contribution in [3.8, 4) is 5.75 Å². The van der Waals surface area contributed by atoms with Crippen molar-refractivity contribution in [2.45, 2.75) is 13.2 Å². The van der Waals surface area contributed by atoms with Crippen LogP contribution in [0.2, 0.25) is 0 Å². The van der Waals surface area contributed by atoms with E-state index >= 15 is 0 Å². The molecule has 2 heterocycles. The number of esters is 2. The first-order chi connectivity index (χ1) is 16.6. The van der Waals surface area contributed by atoms with Gasteiger partial charge in [0, 0.05) is 12.1 Å². The second kappa shape index (κ2) is 8.86. The second-order valence-electron chi connectivity index (χ2n) is 7.86. The average molecular weight is 454 g/mol. The van der Waals surface area contributed by atoms with Gasteiger partial charge in [-0.15, -0.1) is 0 Å². The fourth-order valence-corrected chi connectivity index (χ4v) is 4.18. The summed E-state index contributed by atoms with van der Waals surface area (Å²) in [6.45, 7) is 0.960. The maximum atomic E-state index is 12.2. The highest BCUT2D eigenvalue weighted by Crippen LogP contribution is 2.37. The molecule has 0 fully saturated rings. The van der Waals surface area contributed by atoms with E-state index in [9.17, 15) is 9.59 Å². The monoisotopic (exact) mass is 454 g/mol. The van der Waals surface area contributed by atoms with E-state index < -0.39 is 11.9 Å². The summed E-state index contributed by atoms with van der Waals surface area (Å²) in [7, 11) is 2.72. The van der Waals surface area contributed by atoms with Crippen LogP contribution in [-0.4, -0.2) is 35.7 Å². The quantitative estimate of drug-likeness (QED) is 0.418. The summed E-state index contributed by atoms with van der Waals surface area (Å²) in [6.07, 6.45) is 3.84. The molecule has 1 aromatic heterocycles. The first-order valence-electron chi connectivity index (χ1n) is 10.8. The molecule has 0 spiro atoms. The predicted octanol–water partition coefficient (Wildman–Crippen LogP) is 4.63. The number of rotatable bonds is 4. The van der Waals surface area contributed by atoms with Gasteiger partial charge in [0.1, 0.15) is 12.4 Å². The molecule has 0 amide bonds. The van der Waals surface area contributed by atoms with Gasteiger partial charge in [-0.1, -0.05) is 30.3 Å². The number of hydrogen-bond donors (Lipinski definition) is 0. The van der Waals surface area contributed by atoms with E-state index in [1.54, 1.807) is 24.5 Å². The fraction of sp³-hybridized carbons (Fsp3) is 0.148. The molecule has 7 heteroatoms. The molecule has 7 nitrogen and oxygen atoms in total. The van der Waals surface area contributed by atoms with Gasteiger partial charge >= 0.3 is 11.9 Å². The van der Waals surface area contributed by atoms with E-state index in [2.05, 4.69) is 17.1 Å². The summed E-state index contributed by atoms with van der Waals surface area (Å²) in [6, 6.07) is 18.7. The lowest BCUT2D eigenvalue weighted by molar-refractivity contribution is 0.0592. The fourth-order valence-electron chi connectivity index (χ4n) is 4.18. The van der Waals surface area contributed by atoms with Crippen molar-refractivity contribution in [2.75, 3.05) is 14.2 Å². The molecule has 1 aliphatic rings. The summed E-state index contributed by atoms with van der Waals surface area (Å²) >= 11 is 0. The van der Waals surface area contributed by atoms with E-state index in [-0.39, 0.29) is 0 Å². The zero-order valence-electron chi connectivity index (χ0n) is 18.8. The van der Waals surface area contributed by atoms with Crippen LogP contribution in [0.4, 0.5) is 0 Å². The summed E-state index contributed by atoms with van der Waals surface area (Å²) in [5.41, 5.74) is 6.40. The first kappa shape index (κ1) is 21.5. The second-order valence-corrected chi connectivity index (χ2v) is 7.86. The molecule has 34 heavy (non-hydrogen) atoms. The number of ether oxygens (including phenoxy) is 3. The van der Waals surface area contributed by atoms with E-state index in [0.29, 0.717) is 35.5 Å². The number of fused-ring (bicyclic) bond motifs is 3. The molecule has 0 saturated heterocycles. The molecule has 0 unspecified atom stereocenters. The van der Waals surface area contributed by atoms with Crippen molar-refractivity contribution in [1.29, 1.82) is 0 Å². The van der Waals surface area contributed by atoms with Gasteiger partial charge in [-0.05, 0) is 53.1 Å². The minimum atomic E-state index is -0.401. The Morgan fingerprint density at radius 1 is 0.971 bits per heavy atom. The Balaban J connectivity index is 1.59. The third-order valence-corrected chi connectivity index (χ3v) is 5.92. The topological polar surface area (TPSA) is 79.7 Å². The maximum absolute atomic E-state index is 12.2. The maximum Gasteiger partial charge on any atom is 0.337 e. The van der Waals surface area contributed by atoms with Crippen molar-refractivity contribution in [1.82, 2.24) is 9.55 Å². The number of benzene rings is 3. The van der Waals surface area contributed by atoms with E-state index in [1.807, 2.05) is 41.0 Å². The smallest absolute Gasteiger partial charge is 0.337 e. The van der Waals surface area contributed by atoms with Gasteiger partial charge in [-0.25, -0.2) is 14.6 Å². The predicted molar refractivity (Wildman–Crippen MR) is 127 cm³/mol. The SMILES string of the molecule is COC(=O)c1ccc2c(c1)C(=CCn1cnc3cc(C(=O)OC)ccc31)c1ccccc1CO2. The Hall–Kier alpha value is -4.39. The van der Waals surface area contributed by atoms with Gasteiger partial charge in [0.05, 0.1) is 42.7 Å². The Bertz CT molecular complexity index is 1450. The van der Waals surface area contributed by atoms with Crippen LogP contribution in [0.1, 0.15) is 37.4 Å². The molecule has 3 aromatic carbocycles. The molecule has 0 saturated carbocycles. The van der Waals surface area contributed by atoms with Gasteiger partial charge in [0.2, 0.25) is 0 Å². The van der Waals surface area contributed by atoms with Crippen LogP contribution >= 0.6 is 0 Å². The van der Waals surface area contributed by atoms with Crippen molar-refractivity contribution in [3.05, 3.63) is 101 Å². The van der Waals surface area contributed by atoms with Crippen LogP contribution in [0, 0.1) is 0 Å². The summed E-state index contributed by atoms with van der Waals surface area (Å²) in [5.74, 6) is -0.0957. The molecule has 5 rings (SSSR count). The van der Waals surface area contributed by atoms with E-state index in [0.717, 1.165) is 27.8 Å². The normalized spacial score (nSPS) is 13.5. The molecule has 0 bridgehead atoms. The Kier molecular flexibility index (Phi) is 5.59. The van der Waals surface area contributed by atoms with Crippen molar-refractivity contribution < 1.29 is 23.8 Å². The third kappa shape index (κ3) is 3.81. The lowest BCUT2D eigenvalue weighted by Crippen LogP contribution is -2.03. The van der Waals surface area contributed by atoms with Gasteiger partial charge < -0.3 is 18.8 Å². The Morgan fingerprint density at radius 3 is 2.50 bits per heavy atom. The summed E-state index contributed by atoms with van der Waals surface area (Å²) in [5, 5.41) is 0. The molecule has 0 atom stereocenters. The summed E-state index contributed by atoms with van der Waals surface area (Å²) in [4.78, 5) is 28.5. The number of carbonyl (C=O) groups is 2. The van der Waals surface area contributed by atoms with Gasteiger partial charge in [-0.2, -0.15) is 0 Å². The first-order valence-corrected chi connectivity index (χ1v) is 10.8. The summed E-state index contributed by atoms with van der Waals surface area (Å²) < 4.78 is 17.8. The number of imidazole rings is 1. The Labute approximate surface area is 196 Å². The number of methoxy groups -OCH3 is 2. The molecule has 0 N–H and O–H groups in total. The number of aromatic nitrogens is 2. The number of carbonyl (C=O) groups excluding carboxylic acids is 2. The molecular weight excluding hydrogens is 432 g/mol. The zero-order chi connectivity index (χ0) is 23.7. The molecule has 4 aromatic rings. The van der Waals surface area contributed by atoms with Crippen molar-refractivity contribution >= 4 is 28.5 Å². The molecule has 170 valence electrons. The van der Waals surface area contributed by atoms with E-state index in [4.69, 9.17) is 14.2 Å². The average Bonchev–Trinajstić information content (AvgIpc) is 3.22. The highest BCUT2D eigenvalue weighted by atomic mass is 16.5. The number of hydrogen-bond acceptors (Lipinski definition) is 6. The lowest BCUT2D eigenvalue weighted by atomic mass is 9.93. The van der Waals surface area contributed by atoms with Crippen LogP contribution in [0.25, 0.3) is 16.6 Å². The van der Waals surface area contributed by atoms with Crippen LogP contribution in [0.3, 0.4) is 0 Å². The standard InChI is InChI=1S/C27H22N2O5/c1-32-26(30)17-8-10-25-22(13-17)21(20-6-4-3-5-19(20)15-34-25)11-12-29-16-28-23-14-18(27(31)33-2)7-9-24(23)29/h3-11,13-14,16H,12,15H2,1-2H3. The zero-order valence-corrected chi connectivity index (χ0v) is 18.8. The van der Waals surface area contributed by atoms with Crippen molar-refractivity contribution in [2.24, 2.45) is 0 Å². The number of nitrogens with zero attached hydrogens (tertiary/aromatic N) is 2. The molecule has 0 radical (unpaired) electrons. The lowest BCUT2D eigenvalue weighted by Gasteiger charge is -2.12. The largest absolute Gasteiger partial charge is 0.488 e. The van der Waals surface area contributed by atoms with Crippen molar-refractivity contribution in [3.63, 3.8) is 0 Å². The number of allylic oxidation sites excluding steroid dienone is 1. The highest BCUT2D eigenvalue weighted by Gasteiger charge is 2.21. The van der Waals surface area contributed by atoms with Crippen LogP contribution < -0.4 is 4.74 Å². The van der Waals surface area contributed by atoms with E-state index in [1.165, 1.54) is 14.2 Å². The highest BCUT2D eigenvalue weighted by molar-refractivity contribution is 5.94. The van der Waals surface area contributed by atoms with Crippen LogP contribution in [-0.2, 0) is 22.6 Å². The van der Waals surface area contributed by atoms with Crippen LogP contribution in [0.15, 0.2) is 73.1 Å². The van der Waals surface area contributed by atoms with Crippen LogP contribution in [0.5, 0.6) is 5.75 Å². The molecule has 0 aliphatic carbocycles. The third-order valence-electron chi connectivity index (χ3n) is 5.92. The minimum absolute atomic E-state index is 0.397.